The number of rotatable bonds is 4. The highest BCUT2D eigenvalue weighted by atomic mass is 32.1. The van der Waals surface area contributed by atoms with Crippen molar-refractivity contribution in [1.82, 2.24) is 13.9 Å². The molecule has 2 rings (SSSR count). The quantitative estimate of drug-likeness (QED) is 0.845. The van der Waals surface area contributed by atoms with E-state index in [0.29, 0.717) is 4.99 Å². The minimum Gasteiger partial charge on any atom is -0.388 e. The van der Waals surface area contributed by atoms with E-state index in [4.69, 9.17) is 18.0 Å². The van der Waals surface area contributed by atoms with Crippen LogP contribution in [0.3, 0.4) is 0 Å². The summed E-state index contributed by atoms with van der Waals surface area (Å²) in [5.41, 5.74) is 6.43. The largest absolute Gasteiger partial charge is 0.388 e. The van der Waals surface area contributed by atoms with Gasteiger partial charge in [0, 0.05) is 24.2 Å². The predicted molar refractivity (Wildman–Crippen MR) is 69.1 cm³/mol. The van der Waals surface area contributed by atoms with Crippen molar-refractivity contribution in [2.75, 3.05) is 0 Å². The standard InChI is InChI=1S/C10H12N4S2/c1-2-4-8-12-10(16-13-8)14-6-3-5-7(14)9(11)15/h3,5-6H,2,4H2,1H3,(H2,11,15). The van der Waals surface area contributed by atoms with E-state index in [1.165, 1.54) is 11.5 Å². The lowest BCUT2D eigenvalue weighted by Gasteiger charge is -2.02. The van der Waals surface area contributed by atoms with Crippen LogP contribution in [-0.2, 0) is 6.42 Å². The summed E-state index contributed by atoms with van der Waals surface area (Å²) in [6, 6.07) is 3.78. The SMILES string of the molecule is CCCc1nsc(-n2cccc2C(N)=S)n1. The third kappa shape index (κ3) is 2.12. The minimum absolute atomic E-state index is 0.372. The van der Waals surface area contributed by atoms with Crippen LogP contribution in [0, 0.1) is 0 Å². The fourth-order valence-electron chi connectivity index (χ4n) is 1.42. The van der Waals surface area contributed by atoms with Crippen LogP contribution in [0.15, 0.2) is 18.3 Å². The van der Waals surface area contributed by atoms with Crippen molar-refractivity contribution < 1.29 is 0 Å². The maximum atomic E-state index is 5.63. The normalized spacial score (nSPS) is 10.6. The van der Waals surface area contributed by atoms with Gasteiger partial charge in [0.2, 0.25) is 5.13 Å². The molecule has 0 amide bonds. The highest BCUT2D eigenvalue weighted by Crippen LogP contribution is 2.15. The van der Waals surface area contributed by atoms with E-state index < -0.39 is 0 Å². The van der Waals surface area contributed by atoms with Crippen molar-refractivity contribution in [3.8, 4) is 5.13 Å². The monoisotopic (exact) mass is 252 g/mol. The number of hydrogen-bond acceptors (Lipinski definition) is 4. The molecule has 4 nitrogen and oxygen atoms in total. The van der Waals surface area contributed by atoms with Gasteiger partial charge in [0.1, 0.15) is 10.8 Å². The Kier molecular flexibility index (Phi) is 3.31. The van der Waals surface area contributed by atoms with E-state index in [-0.39, 0.29) is 0 Å². The van der Waals surface area contributed by atoms with Gasteiger partial charge in [-0.1, -0.05) is 19.1 Å². The molecule has 0 spiro atoms. The van der Waals surface area contributed by atoms with E-state index in [1.807, 2.05) is 22.9 Å². The van der Waals surface area contributed by atoms with E-state index in [2.05, 4.69) is 16.3 Å². The zero-order valence-electron chi connectivity index (χ0n) is 8.88. The topological polar surface area (TPSA) is 56.7 Å². The van der Waals surface area contributed by atoms with Crippen LogP contribution in [-0.4, -0.2) is 18.9 Å². The van der Waals surface area contributed by atoms with Gasteiger partial charge >= 0.3 is 0 Å². The summed E-state index contributed by atoms with van der Waals surface area (Å²) >= 11 is 6.34. The zero-order chi connectivity index (χ0) is 11.5. The molecule has 16 heavy (non-hydrogen) atoms. The van der Waals surface area contributed by atoms with Gasteiger partial charge in [0.15, 0.2) is 0 Å². The van der Waals surface area contributed by atoms with Gasteiger partial charge < -0.3 is 5.73 Å². The number of nitrogens with two attached hydrogens (primary N) is 1. The summed E-state index contributed by atoms with van der Waals surface area (Å²) in [7, 11) is 0. The fourth-order valence-corrected chi connectivity index (χ4v) is 2.30. The van der Waals surface area contributed by atoms with E-state index >= 15 is 0 Å². The maximum Gasteiger partial charge on any atom is 0.213 e. The molecule has 0 unspecified atom stereocenters. The molecule has 0 aliphatic heterocycles. The van der Waals surface area contributed by atoms with Crippen LogP contribution in [0.25, 0.3) is 5.13 Å². The molecule has 0 radical (unpaired) electrons. The van der Waals surface area contributed by atoms with Gasteiger partial charge in [-0.3, -0.25) is 4.57 Å². The molecule has 84 valence electrons. The van der Waals surface area contributed by atoms with Crippen LogP contribution in [0.2, 0.25) is 0 Å². The molecule has 0 aliphatic rings. The van der Waals surface area contributed by atoms with E-state index in [1.54, 1.807) is 0 Å². The highest BCUT2D eigenvalue weighted by Gasteiger charge is 2.10. The number of hydrogen-bond donors (Lipinski definition) is 1. The number of nitrogens with zero attached hydrogens (tertiary/aromatic N) is 3. The van der Waals surface area contributed by atoms with Crippen molar-refractivity contribution >= 4 is 28.7 Å². The van der Waals surface area contributed by atoms with Crippen molar-refractivity contribution in [3.63, 3.8) is 0 Å². The lowest BCUT2D eigenvalue weighted by molar-refractivity contribution is 0.852. The van der Waals surface area contributed by atoms with Crippen molar-refractivity contribution in [2.45, 2.75) is 19.8 Å². The van der Waals surface area contributed by atoms with Gasteiger partial charge in [-0.05, 0) is 18.6 Å². The molecule has 0 fully saturated rings. The third-order valence-corrected chi connectivity index (χ3v) is 3.10. The van der Waals surface area contributed by atoms with Crippen molar-refractivity contribution in [1.29, 1.82) is 0 Å². The molecule has 0 aliphatic carbocycles. The molecule has 6 heteroatoms. The zero-order valence-corrected chi connectivity index (χ0v) is 10.5. The first-order valence-electron chi connectivity index (χ1n) is 5.02. The highest BCUT2D eigenvalue weighted by molar-refractivity contribution is 7.80. The summed E-state index contributed by atoms with van der Waals surface area (Å²) in [5, 5.41) is 0.816. The van der Waals surface area contributed by atoms with Gasteiger partial charge in [-0.15, -0.1) is 0 Å². The van der Waals surface area contributed by atoms with Crippen LogP contribution in [0.4, 0.5) is 0 Å². The van der Waals surface area contributed by atoms with Gasteiger partial charge in [0.25, 0.3) is 0 Å². The number of aryl methyl sites for hydroxylation is 1. The number of aromatic nitrogens is 3. The first kappa shape index (κ1) is 11.2. The molecule has 0 atom stereocenters. The van der Waals surface area contributed by atoms with Crippen molar-refractivity contribution in [2.24, 2.45) is 5.73 Å². The average molecular weight is 252 g/mol. The molecule has 0 aromatic carbocycles. The lowest BCUT2D eigenvalue weighted by atomic mass is 10.3. The maximum absolute atomic E-state index is 5.63. The van der Waals surface area contributed by atoms with Gasteiger partial charge in [0.05, 0.1) is 5.69 Å². The third-order valence-electron chi connectivity index (χ3n) is 2.14. The van der Waals surface area contributed by atoms with Gasteiger partial charge in [-0.2, -0.15) is 4.37 Å². The lowest BCUT2D eigenvalue weighted by Crippen LogP contribution is -2.14. The second-order valence-corrected chi connectivity index (χ2v) is 4.54. The molecule has 2 aromatic rings. The Bertz CT molecular complexity index is 500. The minimum atomic E-state index is 0.372. The first-order chi connectivity index (χ1) is 7.72. The summed E-state index contributed by atoms with van der Waals surface area (Å²) in [6.45, 7) is 2.11. The molecule has 2 aromatic heterocycles. The Hall–Kier alpha value is -1.27. The Morgan fingerprint density at radius 2 is 2.44 bits per heavy atom. The molecular formula is C10H12N4S2. The molecule has 2 heterocycles. The van der Waals surface area contributed by atoms with Crippen LogP contribution < -0.4 is 5.73 Å². The second kappa shape index (κ2) is 4.71. The molecule has 0 bridgehead atoms. The Morgan fingerprint density at radius 3 is 3.12 bits per heavy atom. The Labute approximate surface area is 103 Å². The average Bonchev–Trinajstić information content (AvgIpc) is 2.83. The second-order valence-electron chi connectivity index (χ2n) is 3.37. The fraction of sp³-hybridized carbons (Fsp3) is 0.300. The van der Waals surface area contributed by atoms with Gasteiger partial charge in [-0.25, -0.2) is 4.98 Å². The van der Waals surface area contributed by atoms with Crippen LogP contribution >= 0.6 is 23.8 Å². The molecule has 2 N–H and O–H groups in total. The summed E-state index contributed by atoms with van der Waals surface area (Å²) < 4.78 is 6.16. The summed E-state index contributed by atoms with van der Waals surface area (Å²) in [6.07, 6.45) is 3.84. The Balaban J connectivity index is 2.35. The number of thiocarbonyl (C=S) groups is 1. The smallest absolute Gasteiger partial charge is 0.213 e. The van der Waals surface area contributed by atoms with Crippen LogP contribution in [0.5, 0.6) is 0 Å². The van der Waals surface area contributed by atoms with Crippen molar-refractivity contribution in [3.05, 3.63) is 29.8 Å². The summed E-state index contributed by atoms with van der Waals surface area (Å²) in [5.74, 6) is 0.880. The van der Waals surface area contributed by atoms with Crippen LogP contribution in [0.1, 0.15) is 24.9 Å². The summed E-state index contributed by atoms with van der Waals surface area (Å²) in [4.78, 5) is 4.81. The molecule has 0 saturated carbocycles. The van der Waals surface area contributed by atoms with E-state index in [0.717, 1.165) is 29.5 Å². The first-order valence-corrected chi connectivity index (χ1v) is 6.20. The molecular weight excluding hydrogens is 240 g/mol. The van der Waals surface area contributed by atoms with E-state index in [9.17, 15) is 0 Å². The predicted octanol–water partition coefficient (Wildman–Crippen LogP) is 1.92. The Morgan fingerprint density at radius 1 is 1.62 bits per heavy atom. The molecule has 0 saturated heterocycles.